The molecule has 0 radical (unpaired) electrons. The highest BCUT2D eigenvalue weighted by Crippen LogP contribution is 2.40. The second kappa shape index (κ2) is 8.75. The van der Waals surface area contributed by atoms with Crippen LogP contribution in [0, 0.1) is 0 Å². The predicted molar refractivity (Wildman–Crippen MR) is 105 cm³/mol. The van der Waals surface area contributed by atoms with Gasteiger partial charge in [-0.05, 0) is 11.1 Å². The molecule has 1 heterocycles. The van der Waals surface area contributed by atoms with Crippen LogP contribution in [0.15, 0.2) is 36.4 Å². The summed E-state index contributed by atoms with van der Waals surface area (Å²) in [5.41, 5.74) is 2.80. The number of fused-ring (bicyclic) bond motifs is 1. The average Bonchev–Trinajstić information content (AvgIpc) is 3.10. The predicted octanol–water partition coefficient (Wildman–Crippen LogP) is 2.45. The summed E-state index contributed by atoms with van der Waals surface area (Å²) < 4.78 is 16.1. The molecule has 148 valence electrons. The minimum Gasteiger partial charge on any atom is -0.493 e. The average molecular weight is 384 g/mol. The molecule has 1 atom stereocenters. The van der Waals surface area contributed by atoms with E-state index in [2.05, 4.69) is 5.32 Å². The second-order valence-electron chi connectivity index (χ2n) is 6.43. The number of rotatable bonds is 9. The third kappa shape index (κ3) is 3.80. The lowest BCUT2D eigenvalue weighted by Gasteiger charge is -2.23. The van der Waals surface area contributed by atoms with Crippen LogP contribution >= 0.6 is 0 Å². The summed E-state index contributed by atoms with van der Waals surface area (Å²) in [6, 6.07) is 10.9. The third-order valence-corrected chi connectivity index (χ3v) is 4.87. The molecule has 0 aromatic heterocycles. The Kier molecular flexibility index (Phi) is 6.16. The Labute approximate surface area is 164 Å². The third-order valence-electron chi connectivity index (χ3n) is 4.87. The number of benzene rings is 2. The zero-order valence-electron chi connectivity index (χ0n) is 16.2. The number of nitrogens with zero attached hydrogens (tertiary/aromatic N) is 1. The Bertz CT molecular complexity index is 843. The van der Waals surface area contributed by atoms with Crippen molar-refractivity contribution >= 4 is 17.8 Å². The van der Waals surface area contributed by atoms with E-state index in [-0.39, 0.29) is 0 Å². The summed E-state index contributed by atoms with van der Waals surface area (Å²) >= 11 is 0. The summed E-state index contributed by atoms with van der Waals surface area (Å²) in [4.78, 5) is 25.3. The maximum atomic E-state index is 12.2. The number of anilines is 1. The zero-order chi connectivity index (χ0) is 20.1. The molecule has 1 aliphatic heterocycles. The summed E-state index contributed by atoms with van der Waals surface area (Å²) in [6.07, 6.45) is 0.409. The van der Waals surface area contributed by atoms with Crippen LogP contribution in [-0.4, -0.2) is 51.4 Å². The first-order valence-corrected chi connectivity index (χ1v) is 8.97. The van der Waals surface area contributed by atoms with Crippen LogP contribution in [0.2, 0.25) is 0 Å². The van der Waals surface area contributed by atoms with E-state index in [0.717, 1.165) is 16.8 Å². The molecule has 3 rings (SSSR count). The summed E-state index contributed by atoms with van der Waals surface area (Å²) in [5.74, 6) is 1.23. The minimum absolute atomic E-state index is 0.409. The number of hydrogen-bond donors (Lipinski definition) is 1. The highest BCUT2D eigenvalue weighted by molar-refractivity contribution is 6.27. The van der Waals surface area contributed by atoms with E-state index >= 15 is 0 Å². The molecule has 0 saturated heterocycles. The van der Waals surface area contributed by atoms with Crippen molar-refractivity contribution in [1.29, 1.82) is 0 Å². The van der Waals surface area contributed by atoms with Crippen LogP contribution in [0.25, 0.3) is 0 Å². The molecule has 0 spiro atoms. The van der Waals surface area contributed by atoms with Crippen LogP contribution in [0.1, 0.15) is 17.2 Å². The van der Waals surface area contributed by atoms with Crippen molar-refractivity contribution < 1.29 is 23.8 Å². The molecule has 7 heteroatoms. The molecular formula is C21H24N2O5. The van der Waals surface area contributed by atoms with Crippen molar-refractivity contribution in [3.8, 4) is 17.2 Å². The van der Waals surface area contributed by atoms with Gasteiger partial charge in [0.25, 0.3) is 0 Å². The standard InChI is InChI=1S/C21H24N2O5/c1-26-18-10-15(11-19(27-2)21(18)28-3)22-8-9-23-12-14-6-4-5-7-16(14)20(23)17(25)13-24/h4-7,10-11,13,20,22H,8-9,12H2,1-3H3. The number of carbonyl (C=O) groups excluding carboxylic acids is 2. The number of ether oxygens (including phenoxy) is 3. The molecule has 0 bridgehead atoms. The van der Waals surface area contributed by atoms with Crippen molar-refractivity contribution in [3.05, 3.63) is 47.5 Å². The lowest BCUT2D eigenvalue weighted by molar-refractivity contribution is -0.133. The molecular weight excluding hydrogens is 360 g/mol. The van der Waals surface area contributed by atoms with E-state index in [0.29, 0.717) is 43.2 Å². The van der Waals surface area contributed by atoms with Crippen LogP contribution in [0.4, 0.5) is 5.69 Å². The maximum absolute atomic E-state index is 12.2. The van der Waals surface area contributed by atoms with Gasteiger partial charge in [0.05, 0.1) is 21.3 Å². The maximum Gasteiger partial charge on any atom is 0.216 e. The van der Waals surface area contributed by atoms with E-state index in [1.807, 2.05) is 41.3 Å². The quantitative estimate of drug-likeness (QED) is 0.526. The highest BCUT2D eigenvalue weighted by atomic mass is 16.5. The molecule has 2 aromatic carbocycles. The van der Waals surface area contributed by atoms with Crippen molar-refractivity contribution in [2.45, 2.75) is 12.6 Å². The lowest BCUT2D eigenvalue weighted by Crippen LogP contribution is -2.32. The molecule has 28 heavy (non-hydrogen) atoms. The molecule has 0 aliphatic carbocycles. The smallest absolute Gasteiger partial charge is 0.216 e. The highest BCUT2D eigenvalue weighted by Gasteiger charge is 2.34. The van der Waals surface area contributed by atoms with Gasteiger partial charge >= 0.3 is 0 Å². The van der Waals surface area contributed by atoms with Gasteiger partial charge in [-0.15, -0.1) is 0 Å². The Morgan fingerprint density at radius 2 is 1.82 bits per heavy atom. The molecule has 0 saturated carbocycles. The SMILES string of the molecule is COc1cc(NCCN2Cc3ccccc3C2C(=O)C=O)cc(OC)c1OC. The Morgan fingerprint density at radius 3 is 2.43 bits per heavy atom. The largest absolute Gasteiger partial charge is 0.493 e. The summed E-state index contributed by atoms with van der Waals surface area (Å²) in [7, 11) is 4.69. The molecule has 0 amide bonds. The van der Waals surface area contributed by atoms with Gasteiger partial charge in [0.1, 0.15) is 6.04 Å². The molecule has 1 unspecified atom stereocenters. The normalized spacial score (nSPS) is 15.6. The van der Waals surface area contributed by atoms with Gasteiger partial charge in [-0.25, -0.2) is 0 Å². The molecule has 2 aromatic rings. The topological polar surface area (TPSA) is 77.1 Å². The van der Waals surface area contributed by atoms with Crippen molar-refractivity contribution in [1.82, 2.24) is 4.90 Å². The van der Waals surface area contributed by atoms with Gasteiger partial charge in [-0.1, -0.05) is 24.3 Å². The van der Waals surface area contributed by atoms with Crippen LogP contribution < -0.4 is 19.5 Å². The molecule has 1 aliphatic rings. The van der Waals surface area contributed by atoms with Crippen molar-refractivity contribution in [3.63, 3.8) is 0 Å². The zero-order valence-corrected chi connectivity index (χ0v) is 16.2. The summed E-state index contributed by atoms with van der Waals surface area (Å²) in [5, 5.41) is 3.32. The van der Waals surface area contributed by atoms with Gasteiger partial charge in [0.2, 0.25) is 11.5 Å². The number of Topliss-reactive ketones (excluding diaryl/α,β-unsaturated/α-hetero) is 1. The van der Waals surface area contributed by atoms with E-state index in [1.54, 1.807) is 21.3 Å². The number of nitrogens with one attached hydrogen (secondary N) is 1. The van der Waals surface area contributed by atoms with E-state index in [9.17, 15) is 9.59 Å². The van der Waals surface area contributed by atoms with Crippen LogP contribution in [0.3, 0.4) is 0 Å². The Hall–Kier alpha value is -3.06. The van der Waals surface area contributed by atoms with Crippen molar-refractivity contribution in [2.75, 3.05) is 39.7 Å². The van der Waals surface area contributed by atoms with Crippen LogP contribution in [0.5, 0.6) is 17.2 Å². The first-order valence-electron chi connectivity index (χ1n) is 8.97. The van der Waals surface area contributed by atoms with E-state index in [4.69, 9.17) is 14.2 Å². The van der Waals surface area contributed by atoms with Gasteiger partial charge < -0.3 is 19.5 Å². The molecule has 1 N–H and O–H groups in total. The number of methoxy groups -OCH3 is 3. The van der Waals surface area contributed by atoms with Crippen molar-refractivity contribution in [2.24, 2.45) is 0 Å². The minimum atomic E-state index is -0.518. The second-order valence-corrected chi connectivity index (χ2v) is 6.43. The van der Waals surface area contributed by atoms with Gasteiger partial charge in [0.15, 0.2) is 17.8 Å². The fourth-order valence-electron chi connectivity index (χ4n) is 3.58. The number of carbonyl (C=O) groups is 2. The number of hydrogen-bond acceptors (Lipinski definition) is 7. The first kappa shape index (κ1) is 19.7. The van der Waals surface area contributed by atoms with Gasteiger partial charge in [-0.2, -0.15) is 0 Å². The number of ketones is 1. The summed E-state index contributed by atoms with van der Waals surface area (Å²) in [6.45, 7) is 1.81. The van der Waals surface area contributed by atoms with E-state index in [1.165, 1.54) is 0 Å². The molecule has 0 fully saturated rings. The first-order chi connectivity index (χ1) is 13.6. The monoisotopic (exact) mass is 384 g/mol. The number of aldehydes is 1. The van der Waals surface area contributed by atoms with E-state index < -0.39 is 11.8 Å². The fraction of sp³-hybridized carbons (Fsp3) is 0.333. The lowest BCUT2D eigenvalue weighted by atomic mass is 10.0. The molecule has 7 nitrogen and oxygen atoms in total. The fourth-order valence-corrected chi connectivity index (χ4v) is 3.58. The van der Waals surface area contributed by atoms with Gasteiger partial charge in [0, 0.05) is 37.5 Å². The Morgan fingerprint density at radius 1 is 1.14 bits per heavy atom. The van der Waals surface area contributed by atoms with Crippen LogP contribution in [-0.2, 0) is 16.1 Å². The van der Waals surface area contributed by atoms with Gasteiger partial charge in [-0.3, -0.25) is 14.5 Å². The Balaban J connectivity index is 1.71.